The molecule has 1 heterocycles. The first-order chi connectivity index (χ1) is 5.53. The van der Waals surface area contributed by atoms with Crippen LogP contribution in [-0.2, 0) is 14.3 Å². The van der Waals surface area contributed by atoms with Gasteiger partial charge in [0.2, 0.25) is 5.79 Å². The molecule has 64 valence electrons. The van der Waals surface area contributed by atoms with Gasteiger partial charge in [0.25, 0.3) is 0 Å². The van der Waals surface area contributed by atoms with Gasteiger partial charge in [-0.3, -0.25) is 0 Å². The molecule has 0 unspecified atom stereocenters. The summed E-state index contributed by atoms with van der Waals surface area (Å²) in [5.74, 6) is -1.05. The summed E-state index contributed by atoms with van der Waals surface area (Å²) in [5, 5.41) is 8.35. The van der Waals surface area contributed by atoms with E-state index in [0.717, 1.165) is 0 Å². The minimum absolute atomic E-state index is 0.0958. The van der Waals surface area contributed by atoms with Crippen LogP contribution >= 0.6 is 0 Å². The van der Waals surface area contributed by atoms with Crippen molar-refractivity contribution in [2.75, 3.05) is 0 Å². The van der Waals surface area contributed by atoms with Gasteiger partial charge in [0.1, 0.15) is 5.76 Å². The molecule has 0 atom stereocenters. The van der Waals surface area contributed by atoms with Crippen LogP contribution in [0.5, 0.6) is 0 Å². The Labute approximate surface area is 70.4 Å². The van der Waals surface area contributed by atoms with Crippen molar-refractivity contribution in [1.82, 2.24) is 0 Å². The van der Waals surface area contributed by atoms with Crippen LogP contribution < -0.4 is 0 Å². The van der Waals surface area contributed by atoms with Crippen LogP contribution in [0.1, 0.15) is 20.3 Å². The van der Waals surface area contributed by atoms with E-state index in [0.29, 0.717) is 5.76 Å². The molecule has 1 aliphatic heterocycles. The molecule has 0 fully saturated rings. The summed E-state index contributed by atoms with van der Waals surface area (Å²) >= 11 is 0. The van der Waals surface area contributed by atoms with Gasteiger partial charge < -0.3 is 9.47 Å². The average Bonchev–Trinajstić information content (AvgIpc) is 1.82. The fourth-order valence-electron chi connectivity index (χ4n) is 0.934. The number of hydrogen-bond donors (Lipinski definition) is 0. The monoisotopic (exact) mass is 167 g/mol. The topological polar surface area (TPSA) is 59.3 Å². The second kappa shape index (κ2) is 2.86. The molecule has 0 aromatic heterocycles. The molecular formula is C8H9NO3. The molecule has 0 saturated carbocycles. The smallest absolute Gasteiger partial charge is 0.337 e. The molecule has 0 amide bonds. The Morgan fingerprint density at radius 2 is 2.25 bits per heavy atom. The van der Waals surface area contributed by atoms with Gasteiger partial charge in [0, 0.05) is 13.8 Å². The number of esters is 1. The third kappa shape index (κ3) is 1.99. The molecule has 4 nitrogen and oxygen atoms in total. The van der Waals surface area contributed by atoms with E-state index in [1.54, 1.807) is 13.8 Å². The molecule has 0 spiro atoms. The van der Waals surface area contributed by atoms with Crippen LogP contribution in [0.25, 0.3) is 0 Å². The lowest BCUT2D eigenvalue weighted by Gasteiger charge is -2.29. The predicted molar refractivity (Wildman–Crippen MR) is 39.6 cm³/mol. The van der Waals surface area contributed by atoms with Crippen molar-refractivity contribution in [3.63, 3.8) is 0 Å². The van der Waals surface area contributed by atoms with Gasteiger partial charge in [-0.1, -0.05) is 0 Å². The highest BCUT2D eigenvalue weighted by Crippen LogP contribution is 2.23. The van der Waals surface area contributed by atoms with E-state index in [4.69, 9.17) is 14.7 Å². The first kappa shape index (κ1) is 8.60. The van der Waals surface area contributed by atoms with Gasteiger partial charge in [-0.25, -0.2) is 4.79 Å². The fourth-order valence-corrected chi connectivity index (χ4v) is 0.934. The Balaban J connectivity index is 2.78. The van der Waals surface area contributed by atoms with Crippen LogP contribution in [0.2, 0.25) is 0 Å². The number of cyclic esters (lactones) is 1. The van der Waals surface area contributed by atoms with Crippen molar-refractivity contribution in [3.05, 3.63) is 11.8 Å². The zero-order valence-corrected chi connectivity index (χ0v) is 6.96. The number of allylic oxidation sites excluding steroid dienone is 1. The van der Waals surface area contributed by atoms with Crippen molar-refractivity contribution < 1.29 is 14.3 Å². The molecule has 0 N–H and O–H groups in total. The van der Waals surface area contributed by atoms with Crippen molar-refractivity contribution in [2.45, 2.75) is 26.1 Å². The minimum Gasteiger partial charge on any atom is -0.456 e. The predicted octanol–water partition coefficient (Wildman–Crippen LogP) is 1.09. The molecule has 0 bridgehead atoms. The summed E-state index contributed by atoms with van der Waals surface area (Å²) in [5.41, 5.74) is 0. The molecule has 0 saturated heterocycles. The van der Waals surface area contributed by atoms with Crippen LogP contribution in [0.3, 0.4) is 0 Å². The molecule has 0 aromatic carbocycles. The number of nitrogens with zero attached hydrogens (tertiary/aromatic N) is 1. The Bertz CT molecular complexity index is 273. The highest BCUT2D eigenvalue weighted by molar-refractivity contribution is 5.83. The zero-order chi connectivity index (χ0) is 9.19. The van der Waals surface area contributed by atoms with Crippen molar-refractivity contribution in [3.8, 4) is 6.07 Å². The summed E-state index contributed by atoms with van der Waals surface area (Å²) in [7, 11) is 0. The van der Waals surface area contributed by atoms with E-state index in [1.807, 2.05) is 6.07 Å². The van der Waals surface area contributed by atoms with Gasteiger partial charge in [0.05, 0.1) is 18.6 Å². The quantitative estimate of drug-likeness (QED) is 0.548. The summed E-state index contributed by atoms with van der Waals surface area (Å²) in [6.07, 6.45) is 1.28. The Morgan fingerprint density at radius 1 is 1.58 bits per heavy atom. The standard InChI is InChI=1S/C8H9NO3/c1-8(2)11-6(3-4-9)5-7(10)12-8/h5H,3H2,1-2H3. The van der Waals surface area contributed by atoms with E-state index >= 15 is 0 Å². The second-order valence-electron chi connectivity index (χ2n) is 2.87. The van der Waals surface area contributed by atoms with Gasteiger partial charge in [-0.2, -0.15) is 5.26 Å². The molecule has 1 aliphatic rings. The molecule has 0 radical (unpaired) electrons. The molecule has 1 rings (SSSR count). The molecule has 4 heteroatoms. The van der Waals surface area contributed by atoms with Crippen LogP contribution in [0.15, 0.2) is 11.8 Å². The highest BCUT2D eigenvalue weighted by atomic mass is 16.7. The molecule has 0 aromatic rings. The number of ether oxygens (including phenoxy) is 2. The zero-order valence-electron chi connectivity index (χ0n) is 6.96. The van der Waals surface area contributed by atoms with E-state index in [2.05, 4.69) is 0 Å². The first-order valence-electron chi connectivity index (χ1n) is 3.53. The SMILES string of the molecule is CC1(C)OC(=O)C=C(CC#N)O1. The fraction of sp³-hybridized carbons (Fsp3) is 0.500. The maximum atomic E-state index is 10.9. The lowest BCUT2D eigenvalue weighted by Crippen LogP contribution is -2.34. The van der Waals surface area contributed by atoms with Crippen LogP contribution in [-0.4, -0.2) is 11.8 Å². The summed E-state index contributed by atoms with van der Waals surface area (Å²) in [4.78, 5) is 10.9. The summed E-state index contributed by atoms with van der Waals surface area (Å²) in [6, 6.07) is 1.89. The molecule has 12 heavy (non-hydrogen) atoms. The Hall–Kier alpha value is -1.50. The van der Waals surface area contributed by atoms with E-state index < -0.39 is 11.8 Å². The number of rotatable bonds is 1. The minimum atomic E-state index is -0.946. The number of carbonyl (C=O) groups is 1. The molecular weight excluding hydrogens is 158 g/mol. The maximum Gasteiger partial charge on any atom is 0.337 e. The second-order valence-corrected chi connectivity index (χ2v) is 2.87. The number of carbonyl (C=O) groups excluding carboxylic acids is 1. The first-order valence-corrected chi connectivity index (χ1v) is 3.53. The highest BCUT2D eigenvalue weighted by Gasteiger charge is 2.29. The van der Waals surface area contributed by atoms with E-state index in [1.165, 1.54) is 6.08 Å². The number of nitriles is 1. The van der Waals surface area contributed by atoms with Gasteiger partial charge in [-0.15, -0.1) is 0 Å². The average molecular weight is 167 g/mol. The lowest BCUT2D eigenvalue weighted by molar-refractivity contribution is -0.205. The van der Waals surface area contributed by atoms with Crippen molar-refractivity contribution in [1.29, 1.82) is 5.26 Å². The van der Waals surface area contributed by atoms with Crippen molar-refractivity contribution in [2.24, 2.45) is 0 Å². The van der Waals surface area contributed by atoms with Gasteiger partial charge in [0.15, 0.2) is 0 Å². The van der Waals surface area contributed by atoms with Crippen molar-refractivity contribution >= 4 is 5.97 Å². The van der Waals surface area contributed by atoms with Gasteiger partial charge >= 0.3 is 5.97 Å². The maximum absolute atomic E-state index is 10.9. The molecule has 0 aliphatic carbocycles. The lowest BCUT2D eigenvalue weighted by atomic mass is 10.3. The Kier molecular flexibility index (Phi) is 2.05. The van der Waals surface area contributed by atoms with Crippen LogP contribution in [0.4, 0.5) is 0 Å². The van der Waals surface area contributed by atoms with Crippen LogP contribution in [0, 0.1) is 11.3 Å². The Morgan fingerprint density at radius 3 is 2.75 bits per heavy atom. The summed E-state index contributed by atoms with van der Waals surface area (Å²) < 4.78 is 9.98. The summed E-state index contributed by atoms with van der Waals surface area (Å²) in [6.45, 7) is 3.24. The third-order valence-electron chi connectivity index (χ3n) is 1.26. The van der Waals surface area contributed by atoms with E-state index in [-0.39, 0.29) is 6.42 Å². The van der Waals surface area contributed by atoms with Gasteiger partial charge in [-0.05, 0) is 0 Å². The normalized spacial score (nSPS) is 20.1. The third-order valence-corrected chi connectivity index (χ3v) is 1.26. The van der Waals surface area contributed by atoms with E-state index in [9.17, 15) is 4.79 Å². The largest absolute Gasteiger partial charge is 0.456 e. The number of hydrogen-bond acceptors (Lipinski definition) is 4.